The highest BCUT2D eigenvalue weighted by Crippen LogP contribution is 2.15. The Morgan fingerprint density at radius 1 is 1.23 bits per heavy atom. The number of para-hydroxylation sites is 1. The molecule has 0 atom stereocenters. The van der Waals surface area contributed by atoms with Crippen molar-refractivity contribution in [1.29, 1.82) is 0 Å². The van der Waals surface area contributed by atoms with E-state index in [0.29, 0.717) is 32.4 Å². The van der Waals surface area contributed by atoms with Crippen LogP contribution < -0.4 is 10.6 Å². The number of hydrogen-bond acceptors (Lipinski definition) is 3. The fourth-order valence-electron chi connectivity index (χ4n) is 2.54. The van der Waals surface area contributed by atoms with Crippen LogP contribution in [0.2, 0.25) is 0 Å². The van der Waals surface area contributed by atoms with Crippen LogP contribution in [0.3, 0.4) is 0 Å². The second kappa shape index (κ2) is 7.60. The van der Waals surface area contributed by atoms with Gasteiger partial charge in [0.15, 0.2) is 0 Å². The number of nitrogens with one attached hydrogen (secondary N) is 2. The minimum absolute atomic E-state index is 0.0109. The van der Waals surface area contributed by atoms with Gasteiger partial charge in [-0.15, -0.1) is 0 Å². The van der Waals surface area contributed by atoms with Gasteiger partial charge in [-0.3, -0.25) is 0 Å². The number of piperidine rings is 1. The van der Waals surface area contributed by atoms with E-state index < -0.39 is 10.0 Å². The summed E-state index contributed by atoms with van der Waals surface area (Å²) in [6.07, 6.45) is 1.91. The van der Waals surface area contributed by atoms with Crippen LogP contribution >= 0.6 is 0 Å². The Bertz CT molecular complexity index is 581. The van der Waals surface area contributed by atoms with Crippen molar-refractivity contribution >= 4 is 21.7 Å². The number of amides is 2. The molecule has 2 rings (SSSR count). The molecule has 1 aliphatic rings. The standard InChI is InChI=1S/C15H23N3O3S/c1-2-12-22(20,21)18-10-8-14(9-11-18)17-15(19)16-13-6-4-3-5-7-13/h3-7,14H,2,8-12H2,1H3,(H2,16,17,19). The zero-order chi connectivity index (χ0) is 16.0. The second-order valence-electron chi connectivity index (χ2n) is 5.45. The Hall–Kier alpha value is -1.60. The van der Waals surface area contributed by atoms with E-state index in [1.165, 1.54) is 4.31 Å². The Morgan fingerprint density at radius 2 is 1.86 bits per heavy atom. The minimum Gasteiger partial charge on any atom is -0.335 e. The molecule has 2 amide bonds. The van der Waals surface area contributed by atoms with Gasteiger partial charge < -0.3 is 10.6 Å². The lowest BCUT2D eigenvalue weighted by molar-refractivity contribution is 0.238. The highest BCUT2D eigenvalue weighted by molar-refractivity contribution is 7.89. The normalized spacial score (nSPS) is 17.1. The van der Waals surface area contributed by atoms with Crippen molar-refractivity contribution < 1.29 is 13.2 Å². The zero-order valence-corrected chi connectivity index (χ0v) is 13.6. The van der Waals surface area contributed by atoms with Gasteiger partial charge in [0.1, 0.15) is 0 Å². The molecule has 0 aliphatic carbocycles. The lowest BCUT2D eigenvalue weighted by atomic mass is 10.1. The number of urea groups is 1. The molecule has 1 heterocycles. The molecule has 7 heteroatoms. The minimum atomic E-state index is -3.13. The maximum Gasteiger partial charge on any atom is 0.319 e. The van der Waals surface area contributed by atoms with Crippen molar-refractivity contribution in [2.75, 3.05) is 24.2 Å². The van der Waals surface area contributed by atoms with E-state index in [0.717, 1.165) is 5.69 Å². The number of nitrogens with zero attached hydrogens (tertiary/aromatic N) is 1. The van der Waals surface area contributed by atoms with Crippen LogP contribution in [0.1, 0.15) is 26.2 Å². The summed E-state index contributed by atoms with van der Waals surface area (Å²) < 4.78 is 25.5. The van der Waals surface area contributed by atoms with Gasteiger partial charge in [0.2, 0.25) is 10.0 Å². The molecule has 2 N–H and O–H groups in total. The summed E-state index contributed by atoms with van der Waals surface area (Å²) in [5.74, 6) is 0.194. The van der Waals surface area contributed by atoms with Crippen molar-refractivity contribution in [3.05, 3.63) is 30.3 Å². The molecule has 1 aromatic rings. The van der Waals surface area contributed by atoms with E-state index in [-0.39, 0.29) is 17.8 Å². The molecule has 22 heavy (non-hydrogen) atoms. The van der Waals surface area contributed by atoms with Gasteiger partial charge in [-0.05, 0) is 31.4 Å². The molecule has 122 valence electrons. The summed E-state index contributed by atoms with van der Waals surface area (Å²) in [5, 5.41) is 5.67. The molecule has 0 aromatic heterocycles. The van der Waals surface area contributed by atoms with Gasteiger partial charge in [0, 0.05) is 24.8 Å². The largest absolute Gasteiger partial charge is 0.335 e. The number of sulfonamides is 1. The zero-order valence-electron chi connectivity index (χ0n) is 12.8. The molecule has 1 aromatic carbocycles. The van der Waals surface area contributed by atoms with E-state index in [4.69, 9.17) is 0 Å². The summed E-state index contributed by atoms with van der Waals surface area (Å²) in [5.41, 5.74) is 0.739. The van der Waals surface area contributed by atoms with Crippen LogP contribution in [0.4, 0.5) is 10.5 Å². The number of hydrogen-bond donors (Lipinski definition) is 2. The topological polar surface area (TPSA) is 78.5 Å². The highest BCUT2D eigenvalue weighted by Gasteiger charge is 2.27. The summed E-state index contributed by atoms with van der Waals surface area (Å²) in [4.78, 5) is 11.9. The molecule has 0 spiro atoms. The molecule has 6 nitrogen and oxygen atoms in total. The van der Waals surface area contributed by atoms with E-state index in [1.807, 2.05) is 37.3 Å². The number of carbonyl (C=O) groups excluding carboxylic acids is 1. The first-order chi connectivity index (χ1) is 10.5. The third-order valence-corrected chi connectivity index (χ3v) is 5.75. The number of anilines is 1. The van der Waals surface area contributed by atoms with E-state index >= 15 is 0 Å². The number of carbonyl (C=O) groups is 1. The van der Waals surface area contributed by atoms with E-state index in [1.54, 1.807) is 0 Å². The first-order valence-corrected chi connectivity index (χ1v) is 9.22. The van der Waals surface area contributed by atoms with Crippen molar-refractivity contribution in [2.45, 2.75) is 32.2 Å². The number of rotatable bonds is 5. The monoisotopic (exact) mass is 325 g/mol. The Morgan fingerprint density at radius 3 is 2.45 bits per heavy atom. The number of benzene rings is 1. The molecule has 1 aliphatic heterocycles. The molecule has 1 fully saturated rings. The van der Waals surface area contributed by atoms with E-state index in [9.17, 15) is 13.2 Å². The fourth-order valence-corrected chi connectivity index (χ4v) is 4.08. The first kappa shape index (κ1) is 16.8. The van der Waals surface area contributed by atoms with Gasteiger partial charge in [-0.25, -0.2) is 17.5 Å². The second-order valence-corrected chi connectivity index (χ2v) is 7.54. The van der Waals surface area contributed by atoms with Crippen molar-refractivity contribution in [1.82, 2.24) is 9.62 Å². The molecular weight excluding hydrogens is 302 g/mol. The lowest BCUT2D eigenvalue weighted by Crippen LogP contribution is -2.47. The molecule has 0 unspecified atom stereocenters. The molecule has 0 saturated carbocycles. The van der Waals surface area contributed by atoms with Crippen LogP contribution in [-0.4, -0.2) is 43.6 Å². The Kier molecular flexibility index (Phi) is 5.79. The molecular formula is C15H23N3O3S. The lowest BCUT2D eigenvalue weighted by Gasteiger charge is -2.31. The van der Waals surface area contributed by atoms with Crippen LogP contribution in [0.15, 0.2) is 30.3 Å². The average Bonchev–Trinajstić information content (AvgIpc) is 2.48. The summed E-state index contributed by atoms with van der Waals surface area (Å²) >= 11 is 0. The van der Waals surface area contributed by atoms with Gasteiger partial charge >= 0.3 is 6.03 Å². The maximum atomic E-state index is 12.0. The summed E-state index contributed by atoms with van der Waals surface area (Å²) in [7, 11) is -3.13. The molecule has 0 bridgehead atoms. The third kappa shape index (κ3) is 4.71. The molecule has 0 radical (unpaired) electrons. The van der Waals surface area contributed by atoms with Gasteiger partial charge in [0.25, 0.3) is 0 Å². The fraction of sp³-hybridized carbons (Fsp3) is 0.533. The predicted octanol–water partition coefficient (Wildman–Crippen LogP) is 2.01. The average molecular weight is 325 g/mol. The predicted molar refractivity (Wildman–Crippen MR) is 87.3 cm³/mol. The summed E-state index contributed by atoms with van der Waals surface area (Å²) in [6, 6.07) is 8.99. The quantitative estimate of drug-likeness (QED) is 0.869. The van der Waals surface area contributed by atoms with Crippen molar-refractivity contribution in [2.24, 2.45) is 0 Å². The molecule has 1 saturated heterocycles. The van der Waals surface area contributed by atoms with Gasteiger partial charge in [-0.1, -0.05) is 25.1 Å². The first-order valence-electron chi connectivity index (χ1n) is 7.61. The third-order valence-electron chi connectivity index (χ3n) is 3.68. The Balaban J connectivity index is 1.79. The maximum absolute atomic E-state index is 12.0. The van der Waals surface area contributed by atoms with Crippen molar-refractivity contribution in [3.8, 4) is 0 Å². The van der Waals surface area contributed by atoms with Crippen LogP contribution in [0.5, 0.6) is 0 Å². The van der Waals surface area contributed by atoms with Gasteiger partial charge in [-0.2, -0.15) is 0 Å². The highest BCUT2D eigenvalue weighted by atomic mass is 32.2. The smallest absolute Gasteiger partial charge is 0.319 e. The van der Waals surface area contributed by atoms with Gasteiger partial charge in [0.05, 0.1) is 5.75 Å². The van der Waals surface area contributed by atoms with Crippen LogP contribution in [0, 0.1) is 0 Å². The van der Waals surface area contributed by atoms with Crippen LogP contribution in [0.25, 0.3) is 0 Å². The van der Waals surface area contributed by atoms with E-state index in [2.05, 4.69) is 10.6 Å². The summed E-state index contributed by atoms with van der Waals surface area (Å²) in [6.45, 7) is 2.80. The SMILES string of the molecule is CCCS(=O)(=O)N1CCC(NC(=O)Nc2ccccc2)CC1. The Labute approximate surface area is 131 Å². The van der Waals surface area contributed by atoms with Crippen LogP contribution in [-0.2, 0) is 10.0 Å². The van der Waals surface area contributed by atoms with Crippen molar-refractivity contribution in [3.63, 3.8) is 0 Å².